The standard InChI is InChI=1S/C11H13BrO2/c1-11(2,14)9-4-3-8(5-6-13)7-10(9)12/h3-4,6-7,14H,5H2,1-2H3. The van der Waals surface area contributed by atoms with E-state index in [9.17, 15) is 9.90 Å². The Kier molecular flexibility index (Phi) is 3.45. The predicted molar refractivity (Wildman–Crippen MR) is 59.2 cm³/mol. The molecule has 0 spiro atoms. The zero-order chi connectivity index (χ0) is 10.8. The minimum atomic E-state index is -0.863. The average Bonchev–Trinajstić information content (AvgIpc) is 2.02. The molecule has 76 valence electrons. The summed E-state index contributed by atoms with van der Waals surface area (Å²) in [5.74, 6) is 0. The normalized spacial score (nSPS) is 11.4. The maximum absolute atomic E-state index is 10.3. The molecule has 1 N–H and O–H groups in total. The lowest BCUT2D eigenvalue weighted by molar-refractivity contribution is -0.107. The number of carbonyl (C=O) groups is 1. The zero-order valence-corrected chi connectivity index (χ0v) is 9.84. The van der Waals surface area contributed by atoms with E-state index in [1.807, 2.05) is 18.2 Å². The molecule has 14 heavy (non-hydrogen) atoms. The second-order valence-electron chi connectivity index (χ2n) is 3.74. The van der Waals surface area contributed by atoms with Crippen LogP contribution in [0.25, 0.3) is 0 Å². The van der Waals surface area contributed by atoms with Crippen LogP contribution in [0, 0.1) is 0 Å². The summed E-state index contributed by atoms with van der Waals surface area (Å²) in [6.07, 6.45) is 1.27. The average molecular weight is 257 g/mol. The molecule has 1 aromatic rings. The summed E-state index contributed by atoms with van der Waals surface area (Å²) >= 11 is 3.38. The summed E-state index contributed by atoms with van der Waals surface area (Å²) < 4.78 is 0.837. The molecule has 0 aliphatic heterocycles. The summed E-state index contributed by atoms with van der Waals surface area (Å²) in [7, 11) is 0. The number of halogens is 1. The highest BCUT2D eigenvalue weighted by molar-refractivity contribution is 9.10. The first-order valence-corrected chi connectivity index (χ1v) is 5.19. The smallest absolute Gasteiger partial charge is 0.124 e. The van der Waals surface area contributed by atoms with Crippen LogP contribution in [0.2, 0.25) is 0 Å². The Hall–Kier alpha value is -0.670. The van der Waals surface area contributed by atoms with Crippen molar-refractivity contribution in [2.75, 3.05) is 0 Å². The lowest BCUT2D eigenvalue weighted by Crippen LogP contribution is -2.16. The third kappa shape index (κ3) is 2.66. The van der Waals surface area contributed by atoms with E-state index >= 15 is 0 Å². The lowest BCUT2D eigenvalue weighted by Gasteiger charge is -2.19. The highest BCUT2D eigenvalue weighted by Crippen LogP contribution is 2.28. The molecule has 0 saturated carbocycles. The summed E-state index contributed by atoms with van der Waals surface area (Å²) in [5.41, 5.74) is 0.908. The Morgan fingerprint density at radius 3 is 2.57 bits per heavy atom. The van der Waals surface area contributed by atoms with Gasteiger partial charge in [0.2, 0.25) is 0 Å². The maximum Gasteiger partial charge on any atom is 0.124 e. The molecule has 0 amide bonds. The van der Waals surface area contributed by atoms with Gasteiger partial charge in [-0.2, -0.15) is 0 Å². The van der Waals surface area contributed by atoms with E-state index in [1.54, 1.807) is 13.8 Å². The predicted octanol–water partition coefficient (Wildman–Crippen LogP) is 2.42. The number of aldehydes is 1. The minimum absolute atomic E-state index is 0.407. The fraction of sp³-hybridized carbons (Fsp3) is 0.364. The topological polar surface area (TPSA) is 37.3 Å². The Morgan fingerprint density at radius 1 is 1.50 bits per heavy atom. The zero-order valence-electron chi connectivity index (χ0n) is 8.25. The van der Waals surface area contributed by atoms with E-state index in [-0.39, 0.29) is 0 Å². The number of carbonyl (C=O) groups excluding carboxylic acids is 1. The van der Waals surface area contributed by atoms with Crippen LogP contribution in [-0.2, 0) is 16.8 Å². The summed E-state index contributed by atoms with van der Waals surface area (Å²) in [4.78, 5) is 10.3. The van der Waals surface area contributed by atoms with Crippen molar-refractivity contribution in [3.05, 3.63) is 33.8 Å². The van der Waals surface area contributed by atoms with Crippen molar-refractivity contribution >= 4 is 22.2 Å². The van der Waals surface area contributed by atoms with Crippen LogP contribution in [0.4, 0.5) is 0 Å². The second-order valence-corrected chi connectivity index (χ2v) is 4.60. The molecule has 0 bridgehead atoms. The van der Waals surface area contributed by atoms with Crippen molar-refractivity contribution < 1.29 is 9.90 Å². The Bertz CT molecular complexity index is 340. The SMILES string of the molecule is CC(C)(O)c1ccc(CC=O)cc1Br. The van der Waals surface area contributed by atoms with Crippen molar-refractivity contribution in [2.45, 2.75) is 25.9 Å². The third-order valence-electron chi connectivity index (χ3n) is 2.01. The number of rotatable bonds is 3. The van der Waals surface area contributed by atoms with E-state index in [0.29, 0.717) is 6.42 Å². The van der Waals surface area contributed by atoms with E-state index in [4.69, 9.17) is 0 Å². The molecule has 0 heterocycles. The van der Waals surface area contributed by atoms with Gasteiger partial charge in [0.15, 0.2) is 0 Å². The number of hydrogen-bond acceptors (Lipinski definition) is 2. The molecule has 2 nitrogen and oxygen atoms in total. The van der Waals surface area contributed by atoms with Gasteiger partial charge in [0, 0.05) is 10.9 Å². The Labute approximate surface area is 92.1 Å². The molecule has 3 heteroatoms. The van der Waals surface area contributed by atoms with Crippen molar-refractivity contribution in [3.63, 3.8) is 0 Å². The molecule has 1 aromatic carbocycles. The molecule has 0 aliphatic rings. The van der Waals surface area contributed by atoms with Crippen molar-refractivity contribution in [1.82, 2.24) is 0 Å². The van der Waals surface area contributed by atoms with Gasteiger partial charge in [-0.25, -0.2) is 0 Å². The second kappa shape index (κ2) is 4.24. The largest absolute Gasteiger partial charge is 0.386 e. The van der Waals surface area contributed by atoms with E-state index < -0.39 is 5.60 Å². The quantitative estimate of drug-likeness (QED) is 0.844. The summed E-state index contributed by atoms with van der Waals surface area (Å²) in [6, 6.07) is 5.55. The molecule has 0 aromatic heterocycles. The first-order valence-electron chi connectivity index (χ1n) is 4.40. The summed E-state index contributed by atoms with van der Waals surface area (Å²) in [5, 5.41) is 9.79. The van der Waals surface area contributed by atoms with Crippen molar-refractivity contribution in [1.29, 1.82) is 0 Å². The van der Waals surface area contributed by atoms with Gasteiger partial charge < -0.3 is 9.90 Å². The van der Waals surface area contributed by atoms with E-state index in [1.165, 1.54) is 0 Å². The van der Waals surface area contributed by atoms with Crippen LogP contribution in [0.3, 0.4) is 0 Å². The van der Waals surface area contributed by atoms with Gasteiger partial charge in [-0.3, -0.25) is 0 Å². The molecule has 0 aliphatic carbocycles. The monoisotopic (exact) mass is 256 g/mol. The molecule has 0 saturated heterocycles. The van der Waals surface area contributed by atoms with Gasteiger partial charge in [0.05, 0.1) is 5.60 Å². The van der Waals surface area contributed by atoms with Crippen molar-refractivity contribution in [3.8, 4) is 0 Å². The first kappa shape index (κ1) is 11.4. The van der Waals surface area contributed by atoms with E-state index in [0.717, 1.165) is 21.9 Å². The Morgan fingerprint density at radius 2 is 2.14 bits per heavy atom. The molecule has 1 rings (SSSR count). The van der Waals surface area contributed by atoms with Crippen LogP contribution in [0.5, 0.6) is 0 Å². The molecule has 0 atom stereocenters. The maximum atomic E-state index is 10.3. The lowest BCUT2D eigenvalue weighted by atomic mass is 9.97. The highest BCUT2D eigenvalue weighted by atomic mass is 79.9. The van der Waals surface area contributed by atoms with Crippen LogP contribution in [0.15, 0.2) is 22.7 Å². The van der Waals surface area contributed by atoms with Gasteiger partial charge in [-0.15, -0.1) is 0 Å². The molecule has 0 unspecified atom stereocenters. The van der Waals surface area contributed by atoms with Crippen molar-refractivity contribution in [2.24, 2.45) is 0 Å². The van der Waals surface area contributed by atoms with Gasteiger partial charge in [0.25, 0.3) is 0 Å². The Balaban J connectivity index is 3.07. The van der Waals surface area contributed by atoms with E-state index in [2.05, 4.69) is 15.9 Å². The van der Waals surface area contributed by atoms with Crippen LogP contribution < -0.4 is 0 Å². The molecule has 0 fully saturated rings. The summed E-state index contributed by atoms with van der Waals surface area (Å²) in [6.45, 7) is 3.46. The minimum Gasteiger partial charge on any atom is -0.386 e. The number of benzene rings is 1. The van der Waals surface area contributed by atoms with Crippen LogP contribution in [0.1, 0.15) is 25.0 Å². The fourth-order valence-corrected chi connectivity index (χ4v) is 2.19. The van der Waals surface area contributed by atoms with Crippen LogP contribution in [-0.4, -0.2) is 11.4 Å². The molecular formula is C11H13BrO2. The van der Waals surface area contributed by atoms with Gasteiger partial charge in [0.1, 0.15) is 6.29 Å². The van der Waals surface area contributed by atoms with Gasteiger partial charge in [-0.05, 0) is 31.0 Å². The van der Waals surface area contributed by atoms with Gasteiger partial charge in [-0.1, -0.05) is 28.1 Å². The highest BCUT2D eigenvalue weighted by Gasteiger charge is 2.18. The van der Waals surface area contributed by atoms with Gasteiger partial charge >= 0.3 is 0 Å². The first-order chi connectivity index (χ1) is 6.45. The number of hydrogen-bond donors (Lipinski definition) is 1. The third-order valence-corrected chi connectivity index (χ3v) is 2.67. The fourth-order valence-electron chi connectivity index (χ4n) is 1.28. The van der Waals surface area contributed by atoms with Crippen LogP contribution >= 0.6 is 15.9 Å². The molecule has 0 radical (unpaired) electrons. The molecular weight excluding hydrogens is 244 g/mol. The number of aliphatic hydroxyl groups is 1.